The van der Waals surface area contributed by atoms with Crippen molar-refractivity contribution in [1.82, 2.24) is 0 Å². The molecular formula is C13H29N. The van der Waals surface area contributed by atoms with E-state index in [4.69, 9.17) is 5.73 Å². The largest absolute Gasteiger partial charge is 0.326 e. The van der Waals surface area contributed by atoms with E-state index >= 15 is 0 Å². The average Bonchev–Trinajstić information content (AvgIpc) is 2.08. The molecule has 0 aliphatic carbocycles. The Balaban J connectivity index is 2.99. The molecule has 0 rings (SSSR count). The first-order valence-corrected chi connectivity index (χ1v) is 6.35. The summed E-state index contributed by atoms with van der Waals surface area (Å²) in [4.78, 5) is 0. The van der Waals surface area contributed by atoms with E-state index in [1.165, 1.54) is 57.8 Å². The Morgan fingerprint density at radius 2 is 1.21 bits per heavy atom. The zero-order valence-electron chi connectivity index (χ0n) is 10.4. The second-order valence-electron chi connectivity index (χ2n) is 5.21. The third kappa shape index (κ3) is 12.0. The minimum absolute atomic E-state index is 0.0439. The summed E-state index contributed by atoms with van der Waals surface area (Å²) in [5.74, 6) is 0. The van der Waals surface area contributed by atoms with E-state index in [-0.39, 0.29) is 5.54 Å². The van der Waals surface area contributed by atoms with Crippen LogP contribution in [0.25, 0.3) is 0 Å². The summed E-state index contributed by atoms with van der Waals surface area (Å²) in [6.45, 7) is 6.51. The maximum atomic E-state index is 5.92. The van der Waals surface area contributed by atoms with Crippen molar-refractivity contribution in [1.29, 1.82) is 0 Å². The lowest BCUT2D eigenvalue weighted by molar-refractivity contribution is 0.440. The highest BCUT2D eigenvalue weighted by Gasteiger charge is 2.08. The molecule has 0 saturated carbocycles. The fourth-order valence-electron chi connectivity index (χ4n) is 1.71. The highest BCUT2D eigenvalue weighted by atomic mass is 14.7. The van der Waals surface area contributed by atoms with Gasteiger partial charge in [-0.25, -0.2) is 0 Å². The van der Waals surface area contributed by atoms with Crippen LogP contribution in [0, 0.1) is 0 Å². The van der Waals surface area contributed by atoms with Crippen molar-refractivity contribution in [3.05, 3.63) is 0 Å². The van der Waals surface area contributed by atoms with Crippen molar-refractivity contribution < 1.29 is 0 Å². The van der Waals surface area contributed by atoms with Crippen molar-refractivity contribution in [2.75, 3.05) is 0 Å². The minimum Gasteiger partial charge on any atom is -0.326 e. The zero-order chi connectivity index (χ0) is 10.9. The molecule has 1 heteroatoms. The van der Waals surface area contributed by atoms with Gasteiger partial charge in [0.15, 0.2) is 0 Å². The topological polar surface area (TPSA) is 26.0 Å². The summed E-state index contributed by atoms with van der Waals surface area (Å²) in [6, 6.07) is 0. The molecule has 0 aliphatic heterocycles. The van der Waals surface area contributed by atoms with Gasteiger partial charge in [-0.05, 0) is 20.3 Å². The van der Waals surface area contributed by atoms with Gasteiger partial charge in [-0.3, -0.25) is 0 Å². The SMILES string of the molecule is CCCCCCCCCCC(C)(C)N. The fourth-order valence-corrected chi connectivity index (χ4v) is 1.71. The maximum Gasteiger partial charge on any atom is 0.00970 e. The van der Waals surface area contributed by atoms with Gasteiger partial charge < -0.3 is 5.73 Å². The van der Waals surface area contributed by atoms with Crippen LogP contribution in [0.2, 0.25) is 0 Å². The second-order valence-corrected chi connectivity index (χ2v) is 5.21. The van der Waals surface area contributed by atoms with Crippen molar-refractivity contribution in [2.45, 2.75) is 84.1 Å². The molecule has 0 aromatic heterocycles. The van der Waals surface area contributed by atoms with Crippen LogP contribution in [0.1, 0.15) is 78.6 Å². The molecule has 0 amide bonds. The monoisotopic (exact) mass is 199 g/mol. The molecule has 0 radical (unpaired) electrons. The second kappa shape index (κ2) is 8.28. The lowest BCUT2D eigenvalue weighted by Gasteiger charge is -2.17. The van der Waals surface area contributed by atoms with Crippen molar-refractivity contribution in [3.8, 4) is 0 Å². The van der Waals surface area contributed by atoms with Crippen LogP contribution in [0.4, 0.5) is 0 Å². The predicted molar refractivity (Wildman–Crippen MR) is 65.5 cm³/mol. The average molecular weight is 199 g/mol. The van der Waals surface area contributed by atoms with E-state index in [1.54, 1.807) is 0 Å². The first-order valence-electron chi connectivity index (χ1n) is 6.35. The summed E-state index contributed by atoms with van der Waals surface area (Å²) >= 11 is 0. The Bertz CT molecular complexity index is 113. The highest BCUT2D eigenvalue weighted by molar-refractivity contribution is 4.70. The Kier molecular flexibility index (Phi) is 8.26. The molecule has 14 heavy (non-hydrogen) atoms. The van der Waals surface area contributed by atoms with Crippen LogP contribution in [-0.2, 0) is 0 Å². The normalized spacial score (nSPS) is 12.0. The van der Waals surface area contributed by atoms with Gasteiger partial charge in [0.1, 0.15) is 0 Å². The quantitative estimate of drug-likeness (QED) is 0.552. The third-order valence-electron chi connectivity index (χ3n) is 2.67. The summed E-state index contributed by atoms with van der Waals surface area (Å²) < 4.78 is 0. The number of unbranched alkanes of at least 4 members (excludes halogenated alkanes) is 7. The van der Waals surface area contributed by atoms with Gasteiger partial charge in [0.05, 0.1) is 0 Å². The van der Waals surface area contributed by atoms with Crippen LogP contribution < -0.4 is 5.73 Å². The van der Waals surface area contributed by atoms with E-state index in [0.717, 1.165) is 0 Å². The Morgan fingerprint density at radius 3 is 1.64 bits per heavy atom. The third-order valence-corrected chi connectivity index (χ3v) is 2.67. The van der Waals surface area contributed by atoms with Crippen LogP contribution in [0.15, 0.2) is 0 Å². The maximum absolute atomic E-state index is 5.92. The Morgan fingerprint density at radius 1 is 0.786 bits per heavy atom. The molecule has 86 valence electrons. The van der Waals surface area contributed by atoms with Crippen LogP contribution >= 0.6 is 0 Å². The highest BCUT2D eigenvalue weighted by Crippen LogP contribution is 2.13. The smallest absolute Gasteiger partial charge is 0.00970 e. The minimum atomic E-state index is 0.0439. The first kappa shape index (κ1) is 14.0. The lowest BCUT2D eigenvalue weighted by atomic mass is 9.97. The van der Waals surface area contributed by atoms with Crippen molar-refractivity contribution in [2.24, 2.45) is 5.73 Å². The van der Waals surface area contributed by atoms with Gasteiger partial charge in [0.25, 0.3) is 0 Å². The van der Waals surface area contributed by atoms with E-state index < -0.39 is 0 Å². The summed E-state index contributed by atoms with van der Waals surface area (Å²) in [6.07, 6.45) is 12.3. The number of hydrogen-bond acceptors (Lipinski definition) is 1. The summed E-state index contributed by atoms with van der Waals surface area (Å²) in [5, 5.41) is 0. The van der Waals surface area contributed by atoms with Crippen LogP contribution in [0.5, 0.6) is 0 Å². The van der Waals surface area contributed by atoms with Gasteiger partial charge in [0, 0.05) is 5.54 Å². The summed E-state index contributed by atoms with van der Waals surface area (Å²) in [5.41, 5.74) is 5.96. The molecule has 0 bridgehead atoms. The van der Waals surface area contributed by atoms with Crippen LogP contribution in [0.3, 0.4) is 0 Å². The van der Waals surface area contributed by atoms with E-state index in [0.29, 0.717) is 0 Å². The van der Waals surface area contributed by atoms with Gasteiger partial charge in [-0.1, -0.05) is 58.3 Å². The lowest BCUT2D eigenvalue weighted by Crippen LogP contribution is -2.31. The van der Waals surface area contributed by atoms with E-state index in [9.17, 15) is 0 Å². The molecule has 0 spiro atoms. The van der Waals surface area contributed by atoms with Gasteiger partial charge in [-0.2, -0.15) is 0 Å². The van der Waals surface area contributed by atoms with Gasteiger partial charge in [-0.15, -0.1) is 0 Å². The van der Waals surface area contributed by atoms with Crippen LogP contribution in [-0.4, -0.2) is 5.54 Å². The van der Waals surface area contributed by atoms with Crippen molar-refractivity contribution >= 4 is 0 Å². The molecule has 0 saturated heterocycles. The number of nitrogens with two attached hydrogens (primary N) is 1. The Labute approximate surface area is 90.5 Å². The Hall–Kier alpha value is -0.0400. The summed E-state index contributed by atoms with van der Waals surface area (Å²) in [7, 11) is 0. The van der Waals surface area contributed by atoms with Crippen molar-refractivity contribution in [3.63, 3.8) is 0 Å². The molecule has 0 aromatic rings. The van der Waals surface area contributed by atoms with E-state index in [2.05, 4.69) is 20.8 Å². The molecule has 2 N–H and O–H groups in total. The molecule has 0 heterocycles. The fraction of sp³-hybridized carbons (Fsp3) is 1.00. The van der Waals surface area contributed by atoms with Gasteiger partial charge in [0.2, 0.25) is 0 Å². The molecule has 0 aliphatic rings. The molecule has 0 fully saturated rings. The molecule has 0 atom stereocenters. The molecule has 0 unspecified atom stereocenters. The molecular weight excluding hydrogens is 170 g/mol. The zero-order valence-corrected chi connectivity index (χ0v) is 10.4. The first-order chi connectivity index (χ1) is 6.56. The number of rotatable bonds is 9. The van der Waals surface area contributed by atoms with E-state index in [1.807, 2.05) is 0 Å². The molecule has 0 aromatic carbocycles. The number of hydrogen-bond donors (Lipinski definition) is 1. The standard InChI is InChI=1S/C13H29N/c1-4-5-6-7-8-9-10-11-12-13(2,3)14/h4-12,14H2,1-3H3. The van der Waals surface area contributed by atoms with Gasteiger partial charge >= 0.3 is 0 Å². The molecule has 1 nitrogen and oxygen atoms in total. The predicted octanol–water partition coefficient (Wildman–Crippen LogP) is 4.25.